The Morgan fingerprint density at radius 2 is 1.78 bits per heavy atom. The molecule has 0 saturated heterocycles. The summed E-state index contributed by atoms with van der Waals surface area (Å²) in [7, 11) is 0. The SMILES string of the molecule is CCOc1cc(/C=C(\C#N)C(=O)NCc2ccccc2)cc(Cl)c1OCC(=O)Nc1ccccc1C. The standard InChI is InChI=1S/C28H26ClN3O4/c1-3-35-25-15-21(13-22(16-30)28(34)31-17-20-10-5-4-6-11-20)14-23(29)27(25)36-18-26(33)32-24-12-8-7-9-19(24)2/h4-15H,3,17-18H2,1-2H3,(H,31,34)(H,32,33)/b22-13+. The maximum Gasteiger partial charge on any atom is 0.262 e. The Morgan fingerprint density at radius 3 is 2.47 bits per heavy atom. The van der Waals surface area contributed by atoms with Gasteiger partial charge in [-0.1, -0.05) is 60.1 Å². The van der Waals surface area contributed by atoms with Crippen LogP contribution >= 0.6 is 11.6 Å². The van der Waals surface area contributed by atoms with Crippen LogP contribution in [0.25, 0.3) is 6.08 Å². The zero-order chi connectivity index (χ0) is 25.9. The van der Waals surface area contributed by atoms with Crippen LogP contribution in [0.2, 0.25) is 5.02 Å². The molecule has 0 atom stereocenters. The third-order valence-corrected chi connectivity index (χ3v) is 5.35. The number of nitriles is 1. The van der Waals surface area contributed by atoms with E-state index in [1.807, 2.05) is 61.5 Å². The van der Waals surface area contributed by atoms with Crippen molar-refractivity contribution in [1.82, 2.24) is 5.32 Å². The molecule has 3 aromatic rings. The number of carbonyl (C=O) groups excluding carboxylic acids is 2. The van der Waals surface area contributed by atoms with Crippen LogP contribution in [0.3, 0.4) is 0 Å². The molecule has 0 heterocycles. The highest BCUT2D eigenvalue weighted by Gasteiger charge is 2.16. The van der Waals surface area contributed by atoms with Crippen LogP contribution < -0.4 is 20.1 Å². The first-order chi connectivity index (χ1) is 17.4. The minimum Gasteiger partial charge on any atom is -0.490 e. The number of para-hydroxylation sites is 1. The highest BCUT2D eigenvalue weighted by molar-refractivity contribution is 6.32. The van der Waals surface area contributed by atoms with Crippen LogP contribution in [0, 0.1) is 18.3 Å². The lowest BCUT2D eigenvalue weighted by atomic mass is 10.1. The van der Waals surface area contributed by atoms with Crippen molar-refractivity contribution < 1.29 is 19.1 Å². The molecule has 7 nitrogen and oxygen atoms in total. The Morgan fingerprint density at radius 1 is 1.06 bits per heavy atom. The Bertz CT molecular complexity index is 1300. The maximum atomic E-state index is 12.5. The lowest BCUT2D eigenvalue weighted by Crippen LogP contribution is -2.23. The molecule has 0 fully saturated rings. The fourth-order valence-corrected chi connectivity index (χ4v) is 3.57. The van der Waals surface area contributed by atoms with E-state index in [1.165, 1.54) is 6.08 Å². The fraction of sp³-hybridized carbons (Fsp3) is 0.179. The smallest absolute Gasteiger partial charge is 0.262 e. The van der Waals surface area contributed by atoms with Crippen molar-refractivity contribution in [3.8, 4) is 17.6 Å². The third kappa shape index (κ3) is 7.36. The van der Waals surface area contributed by atoms with Crippen LogP contribution in [0.5, 0.6) is 11.5 Å². The summed E-state index contributed by atoms with van der Waals surface area (Å²) in [4.78, 5) is 24.9. The number of amides is 2. The largest absolute Gasteiger partial charge is 0.490 e. The molecule has 0 aliphatic heterocycles. The lowest BCUT2D eigenvalue weighted by molar-refractivity contribution is -0.118. The summed E-state index contributed by atoms with van der Waals surface area (Å²) in [5.41, 5.74) is 2.92. The number of hydrogen-bond acceptors (Lipinski definition) is 5. The first kappa shape index (κ1) is 26.3. The van der Waals surface area contributed by atoms with Crippen LogP contribution in [0.15, 0.2) is 72.3 Å². The molecule has 8 heteroatoms. The second-order valence-electron chi connectivity index (χ2n) is 7.75. The lowest BCUT2D eigenvalue weighted by Gasteiger charge is -2.15. The van der Waals surface area contributed by atoms with Crippen molar-refractivity contribution in [2.75, 3.05) is 18.5 Å². The molecule has 0 saturated carbocycles. The van der Waals surface area contributed by atoms with E-state index >= 15 is 0 Å². The molecule has 2 amide bonds. The third-order valence-electron chi connectivity index (χ3n) is 5.07. The molecule has 0 spiro atoms. The van der Waals surface area contributed by atoms with E-state index in [0.717, 1.165) is 11.1 Å². The molecule has 3 aromatic carbocycles. The first-order valence-corrected chi connectivity index (χ1v) is 11.7. The second kappa shape index (κ2) is 13.0. The van der Waals surface area contributed by atoms with Crippen LogP contribution in [0.4, 0.5) is 5.69 Å². The van der Waals surface area contributed by atoms with E-state index in [2.05, 4.69) is 10.6 Å². The van der Waals surface area contributed by atoms with Crippen molar-refractivity contribution in [3.05, 3.63) is 94.0 Å². The zero-order valence-corrected chi connectivity index (χ0v) is 20.8. The fourth-order valence-electron chi connectivity index (χ4n) is 3.30. The van der Waals surface area contributed by atoms with E-state index in [1.54, 1.807) is 25.1 Å². The topological polar surface area (TPSA) is 100 Å². The van der Waals surface area contributed by atoms with Crippen molar-refractivity contribution in [3.63, 3.8) is 0 Å². The molecular weight excluding hydrogens is 478 g/mol. The van der Waals surface area contributed by atoms with Crippen molar-refractivity contribution in [2.24, 2.45) is 0 Å². The number of benzene rings is 3. The van der Waals surface area contributed by atoms with Gasteiger partial charge in [0, 0.05) is 12.2 Å². The highest BCUT2D eigenvalue weighted by Crippen LogP contribution is 2.37. The summed E-state index contributed by atoms with van der Waals surface area (Å²) in [6.45, 7) is 4.01. The minimum atomic E-state index is -0.511. The molecular formula is C28H26ClN3O4. The number of rotatable bonds is 10. The minimum absolute atomic E-state index is 0.0873. The summed E-state index contributed by atoms with van der Waals surface area (Å²) in [5, 5.41) is 15.2. The molecule has 2 N–H and O–H groups in total. The highest BCUT2D eigenvalue weighted by atomic mass is 35.5. The summed E-state index contributed by atoms with van der Waals surface area (Å²) in [6.07, 6.45) is 1.42. The van der Waals surface area contributed by atoms with Gasteiger partial charge < -0.3 is 20.1 Å². The summed E-state index contributed by atoms with van der Waals surface area (Å²) in [6, 6.07) is 21.9. The number of anilines is 1. The van der Waals surface area contributed by atoms with E-state index < -0.39 is 5.91 Å². The number of nitrogens with one attached hydrogen (secondary N) is 2. The Labute approximate surface area is 215 Å². The average Bonchev–Trinajstić information content (AvgIpc) is 2.87. The predicted octanol–water partition coefficient (Wildman–Crippen LogP) is 5.29. The molecule has 0 aliphatic rings. The van der Waals surface area contributed by atoms with Gasteiger partial charge in [-0.3, -0.25) is 9.59 Å². The van der Waals surface area contributed by atoms with Gasteiger partial charge in [-0.15, -0.1) is 0 Å². The van der Waals surface area contributed by atoms with E-state index in [9.17, 15) is 14.9 Å². The second-order valence-corrected chi connectivity index (χ2v) is 8.16. The van der Waals surface area contributed by atoms with Crippen LogP contribution in [-0.2, 0) is 16.1 Å². The monoisotopic (exact) mass is 503 g/mol. The maximum absolute atomic E-state index is 12.5. The molecule has 0 unspecified atom stereocenters. The quantitative estimate of drug-likeness (QED) is 0.289. The summed E-state index contributed by atoms with van der Waals surface area (Å²) < 4.78 is 11.3. The van der Waals surface area contributed by atoms with Crippen molar-refractivity contribution in [1.29, 1.82) is 5.26 Å². The van der Waals surface area contributed by atoms with Gasteiger partial charge in [0.25, 0.3) is 11.8 Å². The summed E-state index contributed by atoms with van der Waals surface area (Å²) in [5.74, 6) is -0.373. The first-order valence-electron chi connectivity index (χ1n) is 11.3. The van der Waals surface area contributed by atoms with Crippen LogP contribution in [0.1, 0.15) is 23.6 Å². The molecule has 3 rings (SSSR count). The zero-order valence-electron chi connectivity index (χ0n) is 20.0. The number of halogens is 1. The van der Waals surface area contributed by atoms with Gasteiger partial charge >= 0.3 is 0 Å². The van der Waals surface area contributed by atoms with Gasteiger partial charge in [-0.2, -0.15) is 5.26 Å². The summed E-state index contributed by atoms with van der Waals surface area (Å²) >= 11 is 6.44. The Balaban J connectivity index is 1.73. The van der Waals surface area contributed by atoms with Gasteiger partial charge in [0.1, 0.15) is 11.6 Å². The Hall–Kier alpha value is -4.28. The predicted molar refractivity (Wildman–Crippen MR) is 140 cm³/mol. The molecule has 0 bridgehead atoms. The normalized spacial score (nSPS) is 10.8. The number of ether oxygens (including phenoxy) is 2. The average molecular weight is 504 g/mol. The molecule has 0 aromatic heterocycles. The Kier molecular flexibility index (Phi) is 9.49. The molecule has 184 valence electrons. The molecule has 0 aliphatic carbocycles. The van der Waals surface area contributed by atoms with Crippen LogP contribution in [-0.4, -0.2) is 25.0 Å². The van der Waals surface area contributed by atoms with E-state index in [4.69, 9.17) is 21.1 Å². The van der Waals surface area contributed by atoms with Gasteiger partial charge in [0.05, 0.1) is 11.6 Å². The molecule has 36 heavy (non-hydrogen) atoms. The number of hydrogen-bond donors (Lipinski definition) is 2. The number of carbonyl (C=O) groups is 2. The number of nitrogens with zero attached hydrogens (tertiary/aromatic N) is 1. The van der Waals surface area contributed by atoms with Gasteiger partial charge in [0.2, 0.25) is 0 Å². The van der Waals surface area contributed by atoms with Gasteiger partial charge in [-0.05, 0) is 54.8 Å². The van der Waals surface area contributed by atoms with E-state index in [-0.39, 0.29) is 28.9 Å². The van der Waals surface area contributed by atoms with E-state index in [0.29, 0.717) is 30.2 Å². The van der Waals surface area contributed by atoms with Crippen molar-refractivity contribution in [2.45, 2.75) is 20.4 Å². The number of aryl methyl sites for hydroxylation is 1. The van der Waals surface area contributed by atoms with Gasteiger partial charge in [-0.25, -0.2) is 0 Å². The van der Waals surface area contributed by atoms with Gasteiger partial charge in [0.15, 0.2) is 18.1 Å². The molecule has 0 radical (unpaired) electrons. The van der Waals surface area contributed by atoms with Crippen molar-refractivity contribution >= 4 is 35.2 Å².